The molecule has 1 heterocycles. The first-order valence-electron chi connectivity index (χ1n) is 10.2. The van der Waals surface area contributed by atoms with Crippen molar-refractivity contribution in [1.82, 2.24) is 4.57 Å². The molecular weight excluding hydrogens is 415 g/mol. The topological polar surface area (TPSA) is 90.6 Å². The van der Waals surface area contributed by atoms with Gasteiger partial charge < -0.3 is 18.8 Å². The summed E-state index contributed by atoms with van der Waals surface area (Å²) in [6.07, 6.45) is 0.373. The van der Waals surface area contributed by atoms with E-state index in [-0.39, 0.29) is 25.7 Å². The van der Waals surface area contributed by atoms with Gasteiger partial charge in [0.1, 0.15) is 5.75 Å². The molecule has 0 aliphatic carbocycles. The quantitative estimate of drug-likeness (QED) is 0.461. The van der Waals surface area contributed by atoms with Gasteiger partial charge in [-0.1, -0.05) is 12.1 Å². The first-order chi connectivity index (χ1) is 15.4. The summed E-state index contributed by atoms with van der Waals surface area (Å²) in [5, 5.41) is 11.9. The minimum atomic E-state index is -1.15. The summed E-state index contributed by atoms with van der Waals surface area (Å²) in [7, 11) is 4.49. The van der Waals surface area contributed by atoms with Crippen LogP contribution in [0.5, 0.6) is 5.75 Å². The number of methoxy groups -OCH3 is 2. The van der Waals surface area contributed by atoms with Crippen LogP contribution >= 0.6 is 0 Å². The largest absolute Gasteiger partial charge is 0.469 e. The number of hydrogen-bond donors (Lipinski definition) is 0. The molecule has 8 heteroatoms. The van der Waals surface area contributed by atoms with Crippen LogP contribution in [0.1, 0.15) is 31.2 Å². The lowest BCUT2D eigenvalue weighted by Gasteiger charge is -2.27. The summed E-state index contributed by atoms with van der Waals surface area (Å²) in [6, 6.07) is 13.3. The number of ether oxygens (including phenoxy) is 3. The van der Waals surface area contributed by atoms with E-state index in [1.807, 2.05) is 35.9 Å². The highest BCUT2D eigenvalue weighted by atomic mass is 19.1. The number of nitrogens with zero attached hydrogens (tertiary/aromatic N) is 2. The first kappa shape index (κ1) is 23.1. The van der Waals surface area contributed by atoms with Crippen LogP contribution in [0.3, 0.4) is 0 Å². The molecular formula is C24H25FN2O5. The van der Waals surface area contributed by atoms with E-state index in [4.69, 9.17) is 14.2 Å². The molecule has 0 saturated heterocycles. The van der Waals surface area contributed by atoms with Crippen molar-refractivity contribution >= 4 is 33.7 Å². The highest BCUT2D eigenvalue weighted by Gasteiger charge is 2.36. The number of halogens is 1. The van der Waals surface area contributed by atoms with Gasteiger partial charge in [-0.2, -0.15) is 5.26 Å². The molecule has 0 saturated carbocycles. The standard InChI is InChI=1S/C24H25FN2O5/c1-27-19-8-7-16(32-15-25)13-17(19)23-18(5-4-6-20(23)27)24(14-26,11-9-21(28)30-2)12-10-22(29)31-3/h4-8,13H,9-12,15H2,1-3H3. The fraction of sp³-hybridized carbons (Fsp3) is 0.375. The predicted molar refractivity (Wildman–Crippen MR) is 117 cm³/mol. The maximum absolute atomic E-state index is 12.8. The van der Waals surface area contributed by atoms with Gasteiger partial charge in [0.25, 0.3) is 0 Å². The Hall–Kier alpha value is -3.60. The molecule has 1 aromatic heterocycles. The van der Waals surface area contributed by atoms with Crippen molar-refractivity contribution in [3.05, 3.63) is 42.0 Å². The highest BCUT2D eigenvalue weighted by molar-refractivity contribution is 6.10. The second-order valence-electron chi connectivity index (χ2n) is 7.54. The summed E-state index contributed by atoms with van der Waals surface area (Å²) >= 11 is 0. The average molecular weight is 440 g/mol. The van der Waals surface area contributed by atoms with Crippen LogP contribution in [0.4, 0.5) is 4.39 Å². The third-order valence-corrected chi connectivity index (χ3v) is 5.92. The summed E-state index contributed by atoms with van der Waals surface area (Å²) in [4.78, 5) is 23.8. The van der Waals surface area contributed by atoms with Gasteiger partial charge in [0.2, 0.25) is 6.86 Å². The molecule has 2 aromatic carbocycles. The third-order valence-electron chi connectivity index (χ3n) is 5.92. The molecule has 0 N–H and O–H groups in total. The zero-order valence-electron chi connectivity index (χ0n) is 18.3. The highest BCUT2D eigenvalue weighted by Crippen LogP contribution is 2.42. The van der Waals surface area contributed by atoms with Gasteiger partial charge in [0.15, 0.2) is 0 Å². The van der Waals surface area contributed by atoms with Crippen molar-refractivity contribution in [2.45, 2.75) is 31.1 Å². The van der Waals surface area contributed by atoms with Crippen molar-refractivity contribution < 1.29 is 28.2 Å². The molecule has 0 radical (unpaired) electrons. The minimum absolute atomic E-state index is 0.0165. The van der Waals surface area contributed by atoms with Gasteiger partial charge >= 0.3 is 11.9 Å². The summed E-state index contributed by atoms with van der Waals surface area (Å²) in [6.45, 7) is -0.955. The Bertz CT molecular complexity index is 1170. The third kappa shape index (κ3) is 4.24. The molecule has 0 amide bonds. The molecule has 0 bridgehead atoms. The number of aryl methyl sites for hydroxylation is 1. The van der Waals surface area contributed by atoms with E-state index >= 15 is 0 Å². The Kier molecular flexibility index (Phi) is 6.98. The number of hydrogen-bond acceptors (Lipinski definition) is 6. The summed E-state index contributed by atoms with van der Waals surface area (Å²) < 4.78 is 29.4. The van der Waals surface area contributed by atoms with Crippen molar-refractivity contribution in [3.8, 4) is 11.8 Å². The number of carbonyl (C=O) groups is 2. The average Bonchev–Trinajstić information content (AvgIpc) is 3.11. The van der Waals surface area contributed by atoms with E-state index in [0.29, 0.717) is 11.3 Å². The molecule has 0 spiro atoms. The van der Waals surface area contributed by atoms with Crippen LogP contribution in [0, 0.1) is 11.3 Å². The van der Waals surface area contributed by atoms with Crippen LogP contribution in [0.25, 0.3) is 21.8 Å². The van der Waals surface area contributed by atoms with Gasteiger partial charge in [-0.25, -0.2) is 4.39 Å². The number of rotatable bonds is 9. The van der Waals surface area contributed by atoms with Crippen molar-refractivity contribution in [2.75, 3.05) is 21.1 Å². The molecule has 0 aliphatic rings. The zero-order valence-corrected chi connectivity index (χ0v) is 18.3. The van der Waals surface area contributed by atoms with Crippen LogP contribution in [0.2, 0.25) is 0 Å². The Morgan fingerprint density at radius 3 is 2.28 bits per heavy atom. The molecule has 7 nitrogen and oxygen atoms in total. The van der Waals surface area contributed by atoms with E-state index in [1.165, 1.54) is 14.2 Å². The van der Waals surface area contributed by atoms with Crippen LogP contribution in [-0.2, 0) is 31.5 Å². The van der Waals surface area contributed by atoms with Crippen LogP contribution in [0.15, 0.2) is 36.4 Å². The van der Waals surface area contributed by atoms with Crippen molar-refractivity contribution in [3.63, 3.8) is 0 Å². The summed E-state index contributed by atoms with van der Waals surface area (Å²) in [5.74, 6) is -0.508. The predicted octanol–water partition coefficient (Wildman–Crippen LogP) is 4.31. The number of benzene rings is 2. The number of aromatic nitrogens is 1. The van der Waals surface area contributed by atoms with E-state index in [0.717, 1.165) is 21.8 Å². The molecule has 0 atom stereocenters. The molecule has 0 aliphatic heterocycles. The number of nitriles is 1. The van der Waals surface area contributed by atoms with Crippen molar-refractivity contribution in [1.29, 1.82) is 5.26 Å². The molecule has 32 heavy (non-hydrogen) atoms. The maximum atomic E-state index is 12.8. The molecule has 3 rings (SSSR count). The maximum Gasteiger partial charge on any atom is 0.305 e. The monoisotopic (exact) mass is 440 g/mol. The van der Waals surface area contributed by atoms with Crippen molar-refractivity contribution in [2.24, 2.45) is 7.05 Å². The molecule has 168 valence electrons. The fourth-order valence-electron chi connectivity index (χ4n) is 4.19. The lowest BCUT2D eigenvalue weighted by Crippen LogP contribution is -2.27. The first-order valence-corrected chi connectivity index (χ1v) is 10.2. The van der Waals surface area contributed by atoms with E-state index in [9.17, 15) is 19.2 Å². The van der Waals surface area contributed by atoms with E-state index in [1.54, 1.807) is 12.1 Å². The Balaban J connectivity index is 2.26. The van der Waals surface area contributed by atoms with Gasteiger partial charge in [0.05, 0.1) is 25.7 Å². The second kappa shape index (κ2) is 9.69. The fourth-order valence-corrected chi connectivity index (χ4v) is 4.19. The molecule has 0 unspecified atom stereocenters. The van der Waals surface area contributed by atoms with Crippen LogP contribution in [-0.4, -0.2) is 37.6 Å². The number of esters is 2. The van der Waals surface area contributed by atoms with Gasteiger partial charge in [-0.15, -0.1) is 0 Å². The van der Waals surface area contributed by atoms with Gasteiger partial charge in [-0.05, 0) is 42.7 Å². The number of alkyl halides is 1. The van der Waals surface area contributed by atoms with Gasteiger partial charge in [0, 0.05) is 41.7 Å². The number of fused-ring (bicyclic) bond motifs is 3. The minimum Gasteiger partial charge on any atom is -0.469 e. The second-order valence-corrected chi connectivity index (χ2v) is 7.54. The van der Waals surface area contributed by atoms with Gasteiger partial charge in [-0.3, -0.25) is 9.59 Å². The Morgan fingerprint density at radius 1 is 1.06 bits per heavy atom. The zero-order chi connectivity index (χ0) is 23.3. The smallest absolute Gasteiger partial charge is 0.305 e. The molecule has 3 aromatic rings. The summed E-state index contributed by atoms with van der Waals surface area (Å²) in [5.41, 5.74) is 1.29. The van der Waals surface area contributed by atoms with Crippen LogP contribution < -0.4 is 4.74 Å². The lowest BCUT2D eigenvalue weighted by molar-refractivity contribution is -0.141. The Morgan fingerprint density at radius 2 is 1.72 bits per heavy atom. The SMILES string of the molecule is COC(=O)CCC(C#N)(CCC(=O)OC)c1cccc2c1c1cc(OCF)ccc1n2C. The Labute approximate surface area is 185 Å². The number of carbonyl (C=O) groups excluding carboxylic acids is 2. The lowest BCUT2D eigenvalue weighted by atomic mass is 9.73. The van der Waals surface area contributed by atoms with E-state index < -0.39 is 24.2 Å². The molecule has 0 fully saturated rings. The normalized spacial score (nSPS) is 11.3. The van der Waals surface area contributed by atoms with E-state index in [2.05, 4.69) is 6.07 Å².